The minimum absolute atomic E-state index is 0.120. The first kappa shape index (κ1) is 19.7. The van der Waals surface area contributed by atoms with Gasteiger partial charge in [-0.25, -0.2) is 4.79 Å². The summed E-state index contributed by atoms with van der Waals surface area (Å²) in [6.07, 6.45) is -4.38. The topological polar surface area (TPSA) is 88.0 Å². The highest BCUT2D eigenvalue weighted by Gasteiger charge is 2.30. The Morgan fingerprint density at radius 1 is 1.17 bits per heavy atom. The molecule has 0 spiro atoms. The second-order valence-electron chi connectivity index (χ2n) is 6.94. The van der Waals surface area contributed by atoms with Gasteiger partial charge in [0.05, 0.1) is 18.2 Å². The molecule has 2 heterocycles. The molecule has 1 atom stereocenters. The average Bonchev–Trinajstić information content (AvgIpc) is 3.28. The fourth-order valence-electron chi connectivity index (χ4n) is 3.16. The molecule has 1 aromatic heterocycles. The predicted molar refractivity (Wildman–Crippen MR) is 103 cm³/mol. The minimum atomic E-state index is -4.38. The summed E-state index contributed by atoms with van der Waals surface area (Å²) in [5, 5.41) is 18.4. The van der Waals surface area contributed by atoms with E-state index in [0.29, 0.717) is 35.9 Å². The summed E-state index contributed by atoms with van der Waals surface area (Å²) in [4.78, 5) is 14.6. The second kappa shape index (κ2) is 7.65. The van der Waals surface area contributed by atoms with Crippen molar-refractivity contribution < 1.29 is 18.0 Å². The summed E-state index contributed by atoms with van der Waals surface area (Å²) in [5.74, 6) is 0.364. The van der Waals surface area contributed by atoms with Crippen LogP contribution in [-0.2, 0) is 12.7 Å². The van der Waals surface area contributed by atoms with Crippen molar-refractivity contribution in [3.63, 3.8) is 0 Å². The molecule has 4 rings (SSSR count). The van der Waals surface area contributed by atoms with Crippen LogP contribution in [0, 0.1) is 0 Å². The Morgan fingerprint density at radius 2 is 1.90 bits per heavy atom. The molecule has 0 aliphatic carbocycles. The van der Waals surface area contributed by atoms with Crippen molar-refractivity contribution in [2.75, 3.05) is 18.9 Å². The highest BCUT2D eigenvalue weighted by atomic mass is 19.4. The second-order valence-corrected chi connectivity index (χ2v) is 6.94. The third kappa shape index (κ3) is 4.19. The average molecular weight is 417 g/mol. The molecule has 30 heavy (non-hydrogen) atoms. The smallest absolute Gasteiger partial charge is 0.355 e. The van der Waals surface area contributed by atoms with Crippen LogP contribution in [0.15, 0.2) is 48.5 Å². The molecule has 1 unspecified atom stereocenters. The fourth-order valence-corrected chi connectivity index (χ4v) is 3.16. The number of halogens is 3. The van der Waals surface area contributed by atoms with Gasteiger partial charge in [0.25, 0.3) is 0 Å². The van der Waals surface area contributed by atoms with Crippen molar-refractivity contribution in [3.8, 4) is 11.4 Å². The zero-order chi connectivity index (χ0) is 21.3. The Morgan fingerprint density at radius 3 is 2.57 bits per heavy atom. The van der Waals surface area contributed by atoms with E-state index in [9.17, 15) is 18.0 Å². The number of carbonyl (C=O) groups is 1. The molecule has 1 fully saturated rings. The van der Waals surface area contributed by atoms with Crippen molar-refractivity contribution >= 4 is 17.4 Å². The first-order chi connectivity index (χ1) is 14.3. The Hall–Kier alpha value is -3.63. The lowest BCUT2D eigenvalue weighted by atomic mass is 10.1. The Kier molecular flexibility index (Phi) is 5.02. The number of nitrogens with one attached hydrogen (secondary N) is 2. The maximum Gasteiger partial charge on any atom is 0.416 e. The number of hydrogen-bond acceptors (Lipinski definition) is 5. The van der Waals surface area contributed by atoms with Crippen LogP contribution in [0.4, 0.5) is 29.3 Å². The molecule has 2 aromatic carbocycles. The van der Waals surface area contributed by atoms with E-state index < -0.39 is 11.7 Å². The summed E-state index contributed by atoms with van der Waals surface area (Å²) >= 11 is 0. The van der Waals surface area contributed by atoms with Gasteiger partial charge in [0.2, 0.25) is 5.82 Å². The number of urea groups is 1. The lowest BCUT2D eigenvalue weighted by Crippen LogP contribution is -2.31. The molecular weight excluding hydrogens is 399 g/mol. The number of tetrazole rings is 1. The molecule has 1 aliphatic rings. The van der Waals surface area contributed by atoms with Crippen LogP contribution >= 0.6 is 0 Å². The van der Waals surface area contributed by atoms with Crippen molar-refractivity contribution in [2.45, 2.75) is 18.8 Å². The van der Waals surface area contributed by atoms with Gasteiger partial charge in [-0.15, -0.1) is 10.2 Å². The Labute approximate surface area is 169 Å². The lowest BCUT2D eigenvalue weighted by Gasteiger charge is -2.11. The quantitative estimate of drug-likeness (QED) is 0.666. The molecule has 0 radical (unpaired) electrons. The largest absolute Gasteiger partial charge is 0.416 e. The third-order valence-electron chi connectivity index (χ3n) is 4.66. The van der Waals surface area contributed by atoms with Gasteiger partial charge < -0.3 is 15.5 Å². The van der Waals surface area contributed by atoms with E-state index >= 15 is 0 Å². The fraction of sp³-hybridized carbons (Fsp3) is 0.263. The standard InChI is InChI=1S/C19H18F3N7O/c1-28-10-14(24-18(28)30)11-29-26-17(25-27-29)15-4-2-3-5-16(15)23-13-8-6-12(7-9-13)19(20,21)22/h2-9,14,23H,10-11H2,1H3,(H,24,30). The molecule has 8 nitrogen and oxygen atoms in total. The highest BCUT2D eigenvalue weighted by molar-refractivity contribution is 5.77. The normalized spacial score (nSPS) is 16.6. The number of likely N-dealkylation sites (N-methyl/N-ethyl adjacent to an activating group) is 1. The number of rotatable bonds is 5. The molecule has 0 saturated carbocycles. The van der Waals surface area contributed by atoms with Gasteiger partial charge in [-0.3, -0.25) is 0 Å². The molecule has 2 amide bonds. The number of aromatic nitrogens is 4. The van der Waals surface area contributed by atoms with E-state index in [1.165, 1.54) is 16.9 Å². The molecule has 0 bridgehead atoms. The van der Waals surface area contributed by atoms with E-state index in [2.05, 4.69) is 26.0 Å². The highest BCUT2D eigenvalue weighted by Crippen LogP contribution is 2.32. The van der Waals surface area contributed by atoms with Gasteiger partial charge >= 0.3 is 12.2 Å². The van der Waals surface area contributed by atoms with Crippen LogP contribution in [-0.4, -0.2) is 50.8 Å². The van der Waals surface area contributed by atoms with Gasteiger partial charge in [-0.1, -0.05) is 12.1 Å². The van der Waals surface area contributed by atoms with E-state index in [0.717, 1.165) is 12.1 Å². The summed E-state index contributed by atoms with van der Waals surface area (Å²) < 4.78 is 38.3. The van der Waals surface area contributed by atoms with Crippen LogP contribution < -0.4 is 10.6 Å². The lowest BCUT2D eigenvalue weighted by molar-refractivity contribution is -0.137. The van der Waals surface area contributed by atoms with Crippen molar-refractivity contribution in [1.29, 1.82) is 0 Å². The van der Waals surface area contributed by atoms with Crippen LogP contribution in [0.2, 0.25) is 0 Å². The maximum atomic E-state index is 12.8. The van der Waals surface area contributed by atoms with Gasteiger partial charge in [0.1, 0.15) is 0 Å². The van der Waals surface area contributed by atoms with Crippen LogP contribution in [0.1, 0.15) is 5.56 Å². The van der Waals surface area contributed by atoms with Gasteiger partial charge in [0, 0.05) is 30.5 Å². The maximum absolute atomic E-state index is 12.8. The number of carbonyl (C=O) groups excluding carboxylic acids is 1. The molecule has 11 heteroatoms. The Bertz CT molecular complexity index is 1050. The molecule has 156 valence electrons. The molecule has 3 aromatic rings. The monoisotopic (exact) mass is 417 g/mol. The van der Waals surface area contributed by atoms with Crippen molar-refractivity contribution in [1.82, 2.24) is 30.4 Å². The molecule has 1 saturated heterocycles. The molecular formula is C19H18F3N7O. The summed E-state index contributed by atoms with van der Waals surface area (Å²) in [6, 6.07) is 11.7. The molecule has 2 N–H and O–H groups in total. The van der Waals surface area contributed by atoms with Gasteiger partial charge in [-0.2, -0.15) is 18.0 Å². The number of alkyl halides is 3. The first-order valence-electron chi connectivity index (χ1n) is 9.13. The Balaban J connectivity index is 1.51. The van der Waals surface area contributed by atoms with Crippen LogP contribution in [0.5, 0.6) is 0 Å². The SMILES string of the molecule is CN1CC(Cn2nnc(-c3ccccc3Nc3ccc(C(F)(F)F)cc3)n2)NC1=O. The van der Waals surface area contributed by atoms with E-state index in [4.69, 9.17) is 0 Å². The van der Waals surface area contributed by atoms with Crippen molar-refractivity contribution in [2.24, 2.45) is 0 Å². The third-order valence-corrected chi connectivity index (χ3v) is 4.66. The number of amides is 2. The van der Waals surface area contributed by atoms with Crippen molar-refractivity contribution in [3.05, 3.63) is 54.1 Å². The summed E-state index contributed by atoms with van der Waals surface area (Å²) in [5.41, 5.74) is 1.07. The zero-order valence-corrected chi connectivity index (χ0v) is 15.9. The number of para-hydroxylation sites is 1. The van der Waals surface area contributed by atoms with E-state index in [-0.39, 0.29) is 12.1 Å². The van der Waals surface area contributed by atoms with E-state index in [1.54, 1.807) is 36.2 Å². The first-order valence-corrected chi connectivity index (χ1v) is 9.13. The predicted octanol–water partition coefficient (Wildman–Crippen LogP) is 3.13. The minimum Gasteiger partial charge on any atom is -0.355 e. The molecule has 1 aliphatic heterocycles. The zero-order valence-electron chi connectivity index (χ0n) is 15.9. The number of nitrogens with zero attached hydrogens (tertiary/aromatic N) is 5. The van der Waals surface area contributed by atoms with Crippen LogP contribution in [0.3, 0.4) is 0 Å². The number of hydrogen-bond donors (Lipinski definition) is 2. The number of benzene rings is 2. The van der Waals surface area contributed by atoms with Crippen LogP contribution in [0.25, 0.3) is 11.4 Å². The number of anilines is 2. The summed E-state index contributed by atoms with van der Waals surface area (Å²) in [6.45, 7) is 0.916. The van der Waals surface area contributed by atoms with Gasteiger partial charge in [0.15, 0.2) is 0 Å². The van der Waals surface area contributed by atoms with E-state index in [1.807, 2.05) is 0 Å². The van der Waals surface area contributed by atoms with Gasteiger partial charge in [-0.05, 0) is 41.6 Å². The summed E-state index contributed by atoms with van der Waals surface area (Å²) in [7, 11) is 1.71.